The molecule has 1 aliphatic heterocycles. The summed E-state index contributed by atoms with van der Waals surface area (Å²) in [4.78, 5) is 0. The third kappa shape index (κ3) is 2.66. The maximum Gasteiger partial charge on any atom is -0.00170 e. The Kier molecular flexibility index (Phi) is 3.13. The van der Waals surface area contributed by atoms with Crippen molar-refractivity contribution in [3.63, 3.8) is 0 Å². The molecule has 1 heteroatoms. The van der Waals surface area contributed by atoms with Crippen molar-refractivity contribution in [3.8, 4) is 0 Å². The maximum atomic E-state index is 4.09. The van der Waals surface area contributed by atoms with Gasteiger partial charge in [0.1, 0.15) is 0 Å². The van der Waals surface area contributed by atoms with E-state index in [9.17, 15) is 0 Å². The number of hydrogen-bond acceptors (Lipinski definition) is 1. The monoisotopic (exact) mass is 153 g/mol. The molecule has 0 bridgehead atoms. The van der Waals surface area contributed by atoms with Gasteiger partial charge in [0.25, 0.3) is 0 Å². The summed E-state index contributed by atoms with van der Waals surface area (Å²) in [5.41, 5.74) is 1.42. The smallest absolute Gasteiger partial charge is 0.00170 e. The highest BCUT2D eigenvalue weighted by molar-refractivity contribution is 4.99. The van der Waals surface area contributed by atoms with Crippen LogP contribution < -0.4 is 5.32 Å². The van der Waals surface area contributed by atoms with E-state index in [1.165, 1.54) is 31.5 Å². The summed E-state index contributed by atoms with van der Waals surface area (Å²) >= 11 is 0. The van der Waals surface area contributed by atoms with Gasteiger partial charge in [-0.25, -0.2) is 0 Å². The van der Waals surface area contributed by atoms with Crippen LogP contribution in [0.2, 0.25) is 0 Å². The van der Waals surface area contributed by atoms with Gasteiger partial charge in [-0.05, 0) is 37.8 Å². The number of allylic oxidation sites excluding steroid dienone is 1. The molecule has 0 amide bonds. The number of nitrogens with one attached hydrogen (secondary N) is 1. The Morgan fingerprint density at radius 1 is 1.64 bits per heavy atom. The molecule has 1 rings (SSSR count). The van der Waals surface area contributed by atoms with Crippen LogP contribution in [-0.2, 0) is 0 Å². The largest absolute Gasteiger partial charge is 0.316 e. The SMILES string of the molecule is C=C(CC1CCNC1)C(C)C. The Bertz CT molecular complexity index is 132. The van der Waals surface area contributed by atoms with E-state index in [1.54, 1.807) is 0 Å². The molecular weight excluding hydrogens is 134 g/mol. The van der Waals surface area contributed by atoms with Crippen LogP contribution in [-0.4, -0.2) is 13.1 Å². The van der Waals surface area contributed by atoms with Crippen LogP contribution in [0.15, 0.2) is 12.2 Å². The standard InChI is InChI=1S/C10H19N/c1-8(2)9(3)6-10-4-5-11-7-10/h8,10-11H,3-7H2,1-2H3. The first-order chi connectivity index (χ1) is 5.20. The minimum atomic E-state index is 0.663. The lowest BCUT2D eigenvalue weighted by Crippen LogP contribution is -2.10. The van der Waals surface area contributed by atoms with Gasteiger partial charge in [-0.2, -0.15) is 0 Å². The number of rotatable bonds is 3. The predicted molar refractivity (Wildman–Crippen MR) is 49.6 cm³/mol. The summed E-state index contributed by atoms with van der Waals surface area (Å²) in [5, 5.41) is 3.38. The van der Waals surface area contributed by atoms with Crippen LogP contribution >= 0.6 is 0 Å². The molecular formula is C10H19N. The lowest BCUT2D eigenvalue weighted by molar-refractivity contribution is 0.543. The lowest BCUT2D eigenvalue weighted by atomic mass is 9.93. The molecule has 0 aromatic rings. The van der Waals surface area contributed by atoms with Gasteiger partial charge in [0.2, 0.25) is 0 Å². The molecule has 1 nitrogen and oxygen atoms in total. The molecule has 0 saturated carbocycles. The molecule has 1 atom stereocenters. The highest BCUT2D eigenvalue weighted by Crippen LogP contribution is 2.21. The Morgan fingerprint density at radius 3 is 2.82 bits per heavy atom. The van der Waals surface area contributed by atoms with Crippen molar-refractivity contribution in [2.24, 2.45) is 11.8 Å². The van der Waals surface area contributed by atoms with Crippen LogP contribution in [0, 0.1) is 11.8 Å². The summed E-state index contributed by atoms with van der Waals surface area (Å²) < 4.78 is 0. The predicted octanol–water partition coefficient (Wildman–Crippen LogP) is 2.20. The van der Waals surface area contributed by atoms with Crippen molar-refractivity contribution in [2.75, 3.05) is 13.1 Å². The third-order valence-electron chi connectivity index (χ3n) is 2.53. The van der Waals surface area contributed by atoms with E-state index < -0.39 is 0 Å². The lowest BCUT2D eigenvalue weighted by Gasteiger charge is -2.13. The van der Waals surface area contributed by atoms with Gasteiger partial charge in [-0.3, -0.25) is 0 Å². The van der Waals surface area contributed by atoms with Gasteiger partial charge in [-0.1, -0.05) is 26.0 Å². The molecule has 0 aromatic heterocycles. The van der Waals surface area contributed by atoms with E-state index in [1.807, 2.05) is 0 Å². The first kappa shape index (κ1) is 8.79. The van der Waals surface area contributed by atoms with Crippen LogP contribution in [0.5, 0.6) is 0 Å². The third-order valence-corrected chi connectivity index (χ3v) is 2.53. The molecule has 1 unspecified atom stereocenters. The van der Waals surface area contributed by atoms with Crippen LogP contribution in [0.1, 0.15) is 26.7 Å². The van der Waals surface area contributed by atoms with Crippen LogP contribution in [0.3, 0.4) is 0 Å². The minimum Gasteiger partial charge on any atom is -0.316 e. The molecule has 1 heterocycles. The summed E-state index contributed by atoms with van der Waals surface area (Å²) in [5.74, 6) is 1.53. The first-order valence-electron chi connectivity index (χ1n) is 4.58. The maximum absolute atomic E-state index is 4.09. The average Bonchev–Trinajstić information content (AvgIpc) is 2.39. The highest BCUT2D eigenvalue weighted by Gasteiger charge is 2.15. The van der Waals surface area contributed by atoms with Gasteiger partial charge in [0.05, 0.1) is 0 Å². The summed E-state index contributed by atoms with van der Waals surface area (Å²) in [6.07, 6.45) is 2.57. The fourth-order valence-electron chi connectivity index (χ4n) is 1.50. The zero-order valence-corrected chi connectivity index (χ0v) is 7.69. The topological polar surface area (TPSA) is 12.0 Å². The van der Waals surface area contributed by atoms with Crippen molar-refractivity contribution in [1.29, 1.82) is 0 Å². The molecule has 11 heavy (non-hydrogen) atoms. The van der Waals surface area contributed by atoms with Gasteiger partial charge < -0.3 is 5.32 Å². The second-order valence-corrected chi connectivity index (χ2v) is 3.88. The van der Waals surface area contributed by atoms with Gasteiger partial charge in [0.15, 0.2) is 0 Å². The van der Waals surface area contributed by atoms with E-state index in [-0.39, 0.29) is 0 Å². The zero-order valence-electron chi connectivity index (χ0n) is 7.69. The first-order valence-corrected chi connectivity index (χ1v) is 4.58. The highest BCUT2D eigenvalue weighted by atomic mass is 14.9. The second kappa shape index (κ2) is 3.91. The van der Waals surface area contributed by atoms with E-state index in [0.29, 0.717) is 5.92 Å². The second-order valence-electron chi connectivity index (χ2n) is 3.88. The van der Waals surface area contributed by atoms with Crippen molar-refractivity contribution < 1.29 is 0 Å². The molecule has 0 radical (unpaired) electrons. The van der Waals surface area contributed by atoms with Crippen LogP contribution in [0.4, 0.5) is 0 Å². The molecule has 0 spiro atoms. The van der Waals surface area contributed by atoms with E-state index in [0.717, 1.165) is 5.92 Å². The van der Waals surface area contributed by atoms with E-state index in [4.69, 9.17) is 0 Å². The van der Waals surface area contributed by atoms with Gasteiger partial charge in [-0.15, -0.1) is 0 Å². The Morgan fingerprint density at radius 2 is 2.36 bits per heavy atom. The van der Waals surface area contributed by atoms with Gasteiger partial charge in [0, 0.05) is 0 Å². The molecule has 64 valence electrons. The normalized spacial score (nSPS) is 24.5. The molecule has 1 fully saturated rings. The Balaban J connectivity index is 2.24. The van der Waals surface area contributed by atoms with Crippen molar-refractivity contribution in [2.45, 2.75) is 26.7 Å². The number of hydrogen-bond donors (Lipinski definition) is 1. The van der Waals surface area contributed by atoms with E-state index in [2.05, 4.69) is 25.7 Å². The summed E-state index contributed by atoms with van der Waals surface area (Å²) in [6, 6.07) is 0. The molecule has 0 aliphatic carbocycles. The van der Waals surface area contributed by atoms with E-state index >= 15 is 0 Å². The summed E-state index contributed by atoms with van der Waals surface area (Å²) in [7, 11) is 0. The fourth-order valence-corrected chi connectivity index (χ4v) is 1.50. The van der Waals surface area contributed by atoms with Crippen molar-refractivity contribution in [3.05, 3.63) is 12.2 Å². The van der Waals surface area contributed by atoms with Crippen molar-refractivity contribution >= 4 is 0 Å². The molecule has 1 N–H and O–H groups in total. The molecule has 1 saturated heterocycles. The Labute approximate surface area is 69.9 Å². The Hall–Kier alpha value is -0.300. The van der Waals surface area contributed by atoms with Crippen molar-refractivity contribution in [1.82, 2.24) is 5.32 Å². The average molecular weight is 153 g/mol. The molecule has 0 aromatic carbocycles. The molecule has 1 aliphatic rings. The minimum absolute atomic E-state index is 0.663. The zero-order chi connectivity index (χ0) is 8.27. The van der Waals surface area contributed by atoms with Gasteiger partial charge >= 0.3 is 0 Å². The summed E-state index contributed by atoms with van der Waals surface area (Å²) in [6.45, 7) is 10.9. The quantitative estimate of drug-likeness (QED) is 0.613. The van der Waals surface area contributed by atoms with Crippen LogP contribution in [0.25, 0.3) is 0 Å². The fraction of sp³-hybridized carbons (Fsp3) is 0.800.